The number of carbonyl (C=O) groups excluding carboxylic acids is 2. The number of rotatable bonds is 10. The van der Waals surface area contributed by atoms with Gasteiger partial charge in [0, 0.05) is 16.8 Å². The zero-order chi connectivity index (χ0) is 27.1. The molecule has 0 bridgehead atoms. The van der Waals surface area contributed by atoms with Gasteiger partial charge < -0.3 is 9.30 Å². The van der Waals surface area contributed by atoms with E-state index < -0.39 is 27.6 Å². The van der Waals surface area contributed by atoms with Crippen LogP contribution in [0.3, 0.4) is 0 Å². The molecule has 0 saturated heterocycles. The summed E-state index contributed by atoms with van der Waals surface area (Å²) in [7, 11) is -3.71. The van der Waals surface area contributed by atoms with Crippen LogP contribution in [-0.4, -0.2) is 41.3 Å². The first-order valence-electron chi connectivity index (χ1n) is 11.4. The molecule has 2 aromatic rings. The lowest BCUT2D eigenvalue weighted by Gasteiger charge is -2.20. The fraction of sp³-hybridized carbons (Fsp3) is 0.458. The minimum atomic E-state index is -3.71. The standard InChI is InChI=1S/C24H32Cl2N4O5S/c1-6-7-8-13-36(33,34)29-21(31)12-11-20-22(26)27-16(2)30(20)15-17-9-10-18(14-19(17)25)28-23(32)35-24(3,4)5/h9-12,14H,6-8,13,15H2,1-5H3,(H,28,32)(H,29,31). The van der Waals surface area contributed by atoms with E-state index in [-0.39, 0.29) is 17.5 Å². The second-order valence-corrected chi connectivity index (χ2v) is 11.8. The van der Waals surface area contributed by atoms with Crippen molar-refractivity contribution in [3.63, 3.8) is 0 Å². The van der Waals surface area contributed by atoms with Gasteiger partial charge in [-0.3, -0.25) is 10.1 Å². The minimum absolute atomic E-state index is 0.116. The van der Waals surface area contributed by atoms with E-state index in [1.807, 2.05) is 11.6 Å². The van der Waals surface area contributed by atoms with Gasteiger partial charge in [0.1, 0.15) is 11.4 Å². The fourth-order valence-electron chi connectivity index (χ4n) is 3.18. The number of imidazole rings is 1. The van der Waals surface area contributed by atoms with Gasteiger partial charge in [-0.2, -0.15) is 0 Å². The van der Waals surface area contributed by atoms with E-state index in [0.29, 0.717) is 34.2 Å². The molecule has 9 nitrogen and oxygen atoms in total. The summed E-state index contributed by atoms with van der Waals surface area (Å²) in [5.74, 6) is -0.321. The molecule has 0 radical (unpaired) electrons. The van der Waals surface area contributed by atoms with Crippen molar-refractivity contribution in [2.75, 3.05) is 11.1 Å². The van der Waals surface area contributed by atoms with E-state index in [4.69, 9.17) is 27.9 Å². The molecule has 198 valence electrons. The van der Waals surface area contributed by atoms with Crippen LogP contribution in [0.4, 0.5) is 10.5 Å². The fourth-order valence-corrected chi connectivity index (χ4v) is 4.77. The lowest BCUT2D eigenvalue weighted by Crippen LogP contribution is -2.31. The van der Waals surface area contributed by atoms with Gasteiger partial charge in [-0.25, -0.2) is 22.9 Å². The van der Waals surface area contributed by atoms with E-state index in [1.54, 1.807) is 50.5 Å². The van der Waals surface area contributed by atoms with Crippen LogP contribution < -0.4 is 10.0 Å². The molecule has 0 fully saturated rings. The highest BCUT2D eigenvalue weighted by atomic mass is 35.5. The minimum Gasteiger partial charge on any atom is -0.444 e. The molecule has 1 aromatic heterocycles. The zero-order valence-corrected chi connectivity index (χ0v) is 23.4. The summed E-state index contributed by atoms with van der Waals surface area (Å²) < 4.78 is 33.1. The molecule has 12 heteroatoms. The normalized spacial score (nSPS) is 12.1. The molecule has 0 aliphatic heterocycles. The molecule has 0 aliphatic rings. The maximum atomic E-state index is 12.2. The summed E-state index contributed by atoms with van der Waals surface area (Å²) in [5.41, 5.74) is 0.961. The van der Waals surface area contributed by atoms with Crippen LogP contribution in [0, 0.1) is 6.92 Å². The van der Waals surface area contributed by atoms with Gasteiger partial charge in [0.15, 0.2) is 5.15 Å². The average Bonchev–Trinajstić information content (AvgIpc) is 2.99. The van der Waals surface area contributed by atoms with Crippen LogP contribution in [-0.2, 0) is 26.1 Å². The molecule has 1 heterocycles. The first kappa shape index (κ1) is 29.7. The Hall–Kier alpha value is -2.56. The first-order chi connectivity index (χ1) is 16.7. The van der Waals surface area contributed by atoms with E-state index in [9.17, 15) is 18.0 Å². The van der Waals surface area contributed by atoms with Crippen LogP contribution >= 0.6 is 23.2 Å². The Morgan fingerprint density at radius 2 is 1.89 bits per heavy atom. The Morgan fingerprint density at radius 3 is 2.50 bits per heavy atom. The third-order valence-corrected chi connectivity index (χ3v) is 6.81. The maximum Gasteiger partial charge on any atom is 0.412 e. The van der Waals surface area contributed by atoms with Gasteiger partial charge in [-0.15, -0.1) is 0 Å². The molecule has 2 amide bonds. The van der Waals surface area contributed by atoms with Crippen molar-refractivity contribution in [2.24, 2.45) is 0 Å². The Kier molecular flexibility index (Phi) is 10.4. The van der Waals surface area contributed by atoms with Crippen molar-refractivity contribution in [3.8, 4) is 0 Å². The van der Waals surface area contributed by atoms with Crippen molar-refractivity contribution >= 4 is 57.0 Å². The van der Waals surface area contributed by atoms with Crippen LogP contribution in [0.5, 0.6) is 0 Å². The number of halogens is 2. The van der Waals surface area contributed by atoms with Crippen molar-refractivity contribution in [3.05, 3.63) is 51.5 Å². The van der Waals surface area contributed by atoms with Gasteiger partial charge in [0.25, 0.3) is 5.91 Å². The number of nitrogens with one attached hydrogen (secondary N) is 2. The number of hydrogen-bond donors (Lipinski definition) is 2. The van der Waals surface area contributed by atoms with Gasteiger partial charge in [-0.1, -0.05) is 49.0 Å². The molecule has 1 aromatic carbocycles. The van der Waals surface area contributed by atoms with Gasteiger partial charge >= 0.3 is 6.09 Å². The second kappa shape index (κ2) is 12.6. The molecular weight excluding hydrogens is 527 g/mol. The summed E-state index contributed by atoms with van der Waals surface area (Å²) in [6, 6.07) is 5.03. The highest BCUT2D eigenvalue weighted by Gasteiger charge is 2.18. The summed E-state index contributed by atoms with van der Waals surface area (Å²) >= 11 is 12.7. The maximum absolute atomic E-state index is 12.2. The number of amides is 2. The van der Waals surface area contributed by atoms with Gasteiger partial charge in [-0.05, 0) is 57.9 Å². The summed E-state index contributed by atoms with van der Waals surface area (Å²) in [6.07, 6.45) is 4.03. The van der Waals surface area contributed by atoms with E-state index in [2.05, 4.69) is 10.3 Å². The number of anilines is 1. The SMILES string of the molecule is CCCCCS(=O)(=O)NC(=O)C=Cc1c(Cl)nc(C)n1Cc1ccc(NC(=O)OC(C)(C)C)cc1Cl. The predicted octanol–water partition coefficient (Wildman–Crippen LogP) is 5.54. The molecule has 36 heavy (non-hydrogen) atoms. The van der Waals surface area contributed by atoms with Gasteiger partial charge in [0.2, 0.25) is 10.0 Å². The molecular formula is C24H32Cl2N4O5S. The van der Waals surface area contributed by atoms with Crippen molar-refractivity contribution in [2.45, 2.75) is 66.0 Å². The highest BCUT2D eigenvalue weighted by molar-refractivity contribution is 7.90. The molecule has 0 saturated carbocycles. The average molecular weight is 560 g/mol. The van der Waals surface area contributed by atoms with Crippen molar-refractivity contribution in [1.29, 1.82) is 0 Å². The number of unbranched alkanes of at least 4 members (excludes halogenated alkanes) is 2. The smallest absolute Gasteiger partial charge is 0.412 e. The zero-order valence-electron chi connectivity index (χ0n) is 21.0. The number of nitrogens with zero attached hydrogens (tertiary/aromatic N) is 2. The quantitative estimate of drug-likeness (QED) is 0.291. The highest BCUT2D eigenvalue weighted by Crippen LogP contribution is 2.26. The van der Waals surface area contributed by atoms with Crippen LogP contribution in [0.15, 0.2) is 24.3 Å². The first-order valence-corrected chi connectivity index (χ1v) is 13.8. The number of aromatic nitrogens is 2. The molecule has 2 rings (SSSR count). The third-order valence-electron chi connectivity index (χ3n) is 4.84. The monoisotopic (exact) mass is 558 g/mol. The van der Waals surface area contributed by atoms with E-state index >= 15 is 0 Å². The molecule has 0 unspecified atom stereocenters. The second-order valence-electron chi connectivity index (χ2n) is 9.18. The topological polar surface area (TPSA) is 119 Å². The number of benzene rings is 1. The Bertz CT molecular complexity index is 1230. The lowest BCUT2D eigenvalue weighted by molar-refractivity contribution is -0.114. The summed E-state index contributed by atoms with van der Waals surface area (Å²) in [4.78, 5) is 28.4. The third kappa shape index (κ3) is 9.48. The largest absolute Gasteiger partial charge is 0.444 e. The molecule has 0 spiro atoms. The van der Waals surface area contributed by atoms with Crippen molar-refractivity contribution < 1.29 is 22.7 Å². The van der Waals surface area contributed by atoms with E-state index in [1.165, 1.54) is 6.08 Å². The number of carbonyl (C=O) groups is 2. The lowest BCUT2D eigenvalue weighted by atomic mass is 10.2. The Balaban J connectivity index is 2.15. The molecule has 0 atom stereocenters. The van der Waals surface area contributed by atoms with Crippen LogP contribution in [0.2, 0.25) is 10.2 Å². The van der Waals surface area contributed by atoms with Crippen molar-refractivity contribution in [1.82, 2.24) is 14.3 Å². The number of aryl methyl sites for hydroxylation is 1. The molecule has 0 aliphatic carbocycles. The summed E-state index contributed by atoms with van der Waals surface area (Å²) in [5, 5.41) is 3.18. The predicted molar refractivity (Wildman–Crippen MR) is 143 cm³/mol. The Morgan fingerprint density at radius 1 is 1.19 bits per heavy atom. The summed E-state index contributed by atoms with van der Waals surface area (Å²) in [6.45, 7) is 9.28. The van der Waals surface area contributed by atoms with Gasteiger partial charge in [0.05, 0.1) is 18.0 Å². The van der Waals surface area contributed by atoms with Crippen LogP contribution in [0.25, 0.3) is 6.08 Å². The number of hydrogen-bond acceptors (Lipinski definition) is 6. The van der Waals surface area contributed by atoms with E-state index in [0.717, 1.165) is 18.9 Å². The Labute approximate surface area is 222 Å². The van der Waals surface area contributed by atoms with Crippen LogP contribution in [0.1, 0.15) is 64.0 Å². The number of sulfonamides is 1. The molecule has 2 N–H and O–H groups in total. The number of ether oxygens (including phenoxy) is 1.